The van der Waals surface area contributed by atoms with Crippen molar-refractivity contribution in [1.29, 1.82) is 0 Å². The maximum Gasteiger partial charge on any atom is 0.360 e. The van der Waals surface area contributed by atoms with Gasteiger partial charge in [-0.25, -0.2) is 9.78 Å². The van der Waals surface area contributed by atoms with Gasteiger partial charge < -0.3 is 10.1 Å². The van der Waals surface area contributed by atoms with E-state index in [0.717, 1.165) is 12.8 Å². The smallest absolute Gasteiger partial charge is 0.360 e. The third kappa shape index (κ3) is 2.48. The van der Waals surface area contributed by atoms with E-state index in [4.69, 9.17) is 5.11 Å². The monoisotopic (exact) mass is 224 g/mol. The van der Waals surface area contributed by atoms with Crippen LogP contribution in [-0.4, -0.2) is 21.0 Å². The van der Waals surface area contributed by atoms with E-state index in [2.05, 4.69) is 16.9 Å². The SMILES string of the molecule is CCCC(C)(C)c1cnc(C(=O)O)c(=O)[nH]1. The van der Waals surface area contributed by atoms with Crippen LogP contribution >= 0.6 is 0 Å². The first kappa shape index (κ1) is 12.4. The summed E-state index contributed by atoms with van der Waals surface area (Å²) in [4.78, 5) is 28.3. The average Bonchev–Trinajstić information content (AvgIpc) is 2.16. The lowest BCUT2D eigenvalue weighted by molar-refractivity contribution is 0.0688. The number of hydrogen-bond acceptors (Lipinski definition) is 3. The van der Waals surface area contributed by atoms with Gasteiger partial charge in [-0.15, -0.1) is 0 Å². The van der Waals surface area contributed by atoms with Gasteiger partial charge in [-0.3, -0.25) is 4.79 Å². The van der Waals surface area contributed by atoms with E-state index in [9.17, 15) is 9.59 Å². The summed E-state index contributed by atoms with van der Waals surface area (Å²) in [6.45, 7) is 6.03. The molecule has 0 atom stereocenters. The predicted octanol–water partition coefficient (Wildman–Crippen LogP) is 1.55. The molecule has 0 aliphatic rings. The molecular formula is C11H16N2O3. The lowest BCUT2D eigenvalue weighted by Crippen LogP contribution is -2.27. The summed E-state index contributed by atoms with van der Waals surface area (Å²) in [5, 5.41) is 8.68. The van der Waals surface area contributed by atoms with Gasteiger partial charge in [0.2, 0.25) is 5.69 Å². The number of carbonyl (C=O) groups is 1. The van der Waals surface area contributed by atoms with E-state index < -0.39 is 17.2 Å². The van der Waals surface area contributed by atoms with Crippen LogP contribution in [0.5, 0.6) is 0 Å². The van der Waals surface area contributed by atoms with Crippen molar-refractivity contribution in [2.45, 2.75) is 39.0 Å². The topological polar surface area (TPSA) is 83.0 Å². The van der Waals surface area contributed by atoms with Crippen molar-refractivity contribution >= 4 is 5.97 Å². The van der Waals surface area contributed by atoms with Crippen LogP contribution in [-0.2, 0) is 5.41 Å². The summed E-state index contributed by atoms with van der Waals surface area (Å²) < 4.78 is 0. The largest absolute Gasteiger partial charge is 0.476 e. The number of carboxylic acid groups (broad SMARTS) is 1. The first-order valence-corrected chi connectivity index (χ1v) is 5.21. The molecule has 0 spiro atoms. The molecular weight excluding hydrogens is 208 g/mol. The third-order valence-electron chi connectivity index (χ3n) is 2.59. The van der Waals surface area contributed by atoms with Crippen LogP contribution < -0.4 is 5.56 Å². The number of aromatic amines is 1. The molecule has 0 aliphatic heterocycles. The number of carboxylic acids is 1. The maximum absolute atomic E-state index is 11.4. The second kappa shape index (κ2) is 4.47. The number of nitrogens with one attached hydrogen (secondary N) is 1. The molecule has 0 saturated heterocycles. The number of H-pyrrole nitrogens is 1. The molecule has 1 heterocycles. The van der Waals surface area contributed by atoms with E-state index in [1.54, 1.807) is 0 Å². The summed E-state index contributed by atoms with van der Waals surface area (Å²) in [5.41, 5.74) is -0.632. The van der Waals surface area contributed by atoms with Crippen LogP contribution in [0, 0.1) is 0 Å². The molecule has 0 amide bonds. The lowest BCUT2D eigenvalue weighted by atomic mass is 9.85. The van der Waals surface area contributed by atoms with Crippen LogP contribution in [0.3, 0.4) is 0 Å². The Balaban J connectivity index is 3.16. The van der Waals surface area contributed by atoms with Crippen LogP contribution in [0.15, 0.2) is 11.0 Å². The third-order valence-corrected chi connectivity index (χ3v) is 2.59. The second-order valence-corrected chi connectivity index (χ2v) is 4.41. The van der Waals surface area contributed by atoms with Crippen molar-refractivity contribution in [3.63, 3.8) is 0 Å². The van der Waals surface area contributed by atoms with Gasteiger partial charge in [-0.1, -0.05) is 27.2 Å². The van der Waals surface area contributed by atoms with Crippen molar-refractivity contribution < 1.29 is 9.90 Å². The first-order valence-electron chi connectivity index (χ1n) is 5.21. The second-order valence-electron chi connectivity index (χ2n) is 4.41. The maximum atomic E-state index is 11.4. The Labute approximate surface area is 93.5 Å². The zero-order chi connectivity index (χ0) is 12.3. The van der Waals surface area contributed by atoms with Crippen LogP contribution in [0.4, 0.5) is 0 Å². The Kier molecular flexibility index (Phi) is 3.47. The molecule has 2 N–H and O–H groups in total. The van der Waals surface area contributed by atoms with Crippen molar-refractivity contribution in [1.82, 2.24) is 9.97 Å². The number of aromatic carboxylic acids is 1. The Morgan fingerprint density at radius 3 is 2.62 bits per heavy atom. The molecule has 0 saturated carbocycles. The zero-order valence-corrected chi connectivity index (χ0v) is 9.70. The molecule has 16 heavy (non-hydrogen) atoms. The molecule has 1 rings (SSSR count). The summed E-state index contributed by atoms with van der Waals surface area (Å²) in [6, 6.07) is 0. The van der Waals surface area contributed by atoms with Gasteiger partial charge in [-0.2, -0.15) is 0 Å². The summed E-state index contributed by atoms with van der Waals surface area (Å²) in [5.74, 6) is -1.30. The molecule has 0 unspecified atom stereocenters. The van der Waals surface area contributed by atoms with Gasteiger partial charge in [-0.05, 0) is 6.42 Å². The van der Waals surface area contributed by atoms with Crippen molar-refractivity contribution in [2.75, 3.05) is 0 Å². The highest BCUT2D eigenvalue weighted by Crippen LogP contribution is 2.25. The normalized spacial score (nSPS) is 11.4. The molecule has 5 heteroatoms. The zero-order valence-electron chi connectivity index (χ0n) is 9.70. The van der Waals surface area contributed by atoms with Crippen molar-refractivity contribution in [3.8, 4) is 0 Å². The van der Waals surface area contributed by atoms with Gasteiger partial charge in [0, 0.05) is 17.3 Å². The quantitative estimate of drug-likeness (QED) is 0.812. The molecule has 0 radical (unpaired) electrons. The van der Waals surface area contributed by atoms with Crippen molar-refractivity contribution in [2.24, 2.45) is 0 Å². The highest BCUT2D eigenvalue weighted by atomic mass is 16.4. The molecule has 1 aromatic heterocycles. The van der Waals surface area contributed by atoms with E-state index in [0.29, 0.717) is 5.69 Å². The lowest BCUT2D eigenvalue weighted by Gasteiger charge is -2.23. The highest BCUT2D eigenvalue weighted by Gasteiger charge is 2.22. The standard InChI is InChI=1S/C11H16N2O3/c1-4-5-11(2,3)7-6-12-8(10(15)16)9(14)13-7/h6H,4-5H2,1-3H3,(H,13,14)(H,15,16). The fourth-order valence-corrected chi connectivity index (χ4v) is 1.66. The molecule has 1 aromatic rings. The summed E-state index contributed by atoms with van der Waals surface area (Å²) in [7, 11) is 0. The van der Waals surface area contributed by atoms with E-state index in [1.807, 2.05) is 13.8 Å². The van der Waals surface area contributed by atoms with E-state index in [-0.39, 0.29) is 5.41 Å². The Hall–Kier alpha value is -1.65. The Morgan fingerprint density at radius 2 is 2.19 bits per heavy atom. The molecule has 0 aromatic carbocycles. The minimum Gasteiger partial charge on any atom is -0.476 e. The molecule has 0 bridgehead atoms. The highest BCUT2D eigenvalue weighted by molar-refractivity contribution is 5.84. The van der Waals surface area contributed by atoms with Gasteiger partial charge in [0.05, 0.1) is 0 Å². The number of nitrogens with zero attached hydrogens (tertiary/aromatic N) is 1. The van der Waals surface area contributed by atoms with Crippen LogP contribution in [0.1, 0.15) is 49.8 Å². The van der Waals surface area contributed by atoms with Crippen LogP contribution in [0.25, 0.3) is 0 Å². The summed E-state index contributed by atoms with van der Waals surface area (Å²) >= 11 is 0. The fourth-order valence-electron chi connectivity index (χ4n) is 1.66. The predicted molar refractivity (Wildman–Crippen MR) is 59.8 cm³/mol. The Morgan fingerprint density at radius 1 is 1.56 bits per heavy atom. The fraction of sp³-hybridized carbons (Fsp3) is 0.545. The minimum absolute atomic E-state index is 0.196. The van der Waals surface area contributed by atoms with E-state index >= 15 is 0 Å². The average molecular weight is 224 g/mol. The van der Waals surface area contributed by atoms with Gasteiger partial charge in [0.1, 0.15) is 0 Å². The number of aromatic nitrogens is 2. The van der Waals surface area contributed by atoms with Gasteiger partial charge >= 0.3 is 5.97 Å². The van der Waals surface area contributed by atoms with Gasteiger partial charge in [0.25, 0.3) is 5.56 Å². The van der Waals surface area contributed by atoms with Crippen LogP contribution in [0.2, 0.25) is 0 Å². The van der Waals surface area contributed by atoms with Gasteiger partial charge in [0.15, 0.2) is 0 Å². The van der Waals surface area contributed by atoms with Crippen molar-refractivity contribution in [3.05, 3.63) is 27.9 Å². The molecule has 88 valence electrons. The molecule has 5 nitrogen and oxygen atoms in total. The molecule has 0 aliphatic carbocycles. The number of rotatable bonds is 4. The number of hydrogen-bond donors (Lipinski definition) is 2. The van der Waals surface area contributed by atoms with E-state index in [1.165, 1.54) is 6.20 Å². The Bertz CT molecular complexity index is 449. The first-order chi connectivity index (χ1) is 7.38. The minimum atomic E-state index is -1.30. The summed E-state index contributed by atoms with van der Waals surface area (Å²) in [6.07, 6.45) is 3.31. The molecule has 0 fully saturated rings.